The van der Waals surface area contributed by atoms with Gasteiger partial charge in [0.25, 0.3) is 0 Å². The third-order valence-corrected chi connectivity index (χ3v) is 4.87. The average molecular weight is 543 g/mol. The number of ether oxygens (including phenoxy) is 4. The molecule has 11 heteroatoms. The van der Waals surface area contributed by atoms with Crippen molar-refractivity contribution in [1.82, 2.24) is 10.6 Å². The molecule has 0 fully saturated rings. The Morgan fingerprint density at radius 3 is 2.14 bits per heavy atom. The molecule has 0 saturated carbocycles. The van der Waals surface area contributed by atoms with E-state index in [0.717, 1.165) is 0 Å². The molecule has 0 radical (unpaired) electrons. The number of benzene rings is 1. The third kappa shape index (κ3) is 12.7. The predicted octanol–water partition coefficient (Wildman–Crippen LogP) is 4.80. The number of carbonyl (C=O) groups excluding carboxylic acids is 4. The van der Waals surface area contributed by atoms with Gasteiger partial charge in [0.15, 0.2) is 0 Å². The summed E-state index contributed by atoms with van der Waals surface area (Å²) < 4.78 is 20.9. The van der Waals surface area contributed by atoms with Crippen LogP contribution in [0.2, 0.25) is 5.02 Å². The van der Waals surface area contributed by atoms with E-state index in [4.69, 9.17) is 30.5 Å². The molecular formula is C26H39ClN2O8. The Balaban J connectivity index is 3.20. The van der Waals surface area contributed by atoms with Crippen molar-refractivity contribution in [2.45, 2.75) is 85.5 Å². The van der Waals surface area contributed by atoms with Gasteiger partial charge in [-0.25, -0.2) is 14.4 Å². The highest BCUT2D eigenvalue weighted by molar-refractivity contribution is 6.30. The van der Waals surface area contributed by atoms with Crippen LogP contribution in [0.4, 0.5) is 9.59 Å². The molecule has 37 heavy (non-hydrogen) atoms. The minimum atomic E-state index is -0.919. The number of alkyl carbamates (subject to hydrolysis) is 1. The molecule has 0 spiro atoms. The van der Waals surface area contributed by atoms with Crippen molar-refractivity contribution in [2.75, 3.05) is 13.2 Å². The maximum Gasteiger partial charge on any atom is 0.514 e. The van der Waals surface area contributed by atoms with Gasteiger partial charge in [-0.1, -0.05) is 18.5 Å². The highest BCUT2D eigenvalue weighted by Gasteiger charge is 2.28. The monoisotopic (exact) mass is 542 g/mol. The first-order valence-corrected chi connectivity index (χ1v) is 12.6. The van der Waals surface area contributed by atoms with Crippen molar-refractivity contribution in [3.8, 4) is 5.75 Å². The van der Waals surface area contributed by atoms with Crippen LogP contribution in [-0.2, 0) is 30.2 Å². The second kappa shape index (κ2) is 14.1. The zero-order valence-corrected chi connectivity index (χ0v) is 23.6. The Hall–Kier alpha value is -3.01. The zero-order valence-electron chi connectivity index (χ0n) is 22.9. The van der Waals surface area contributed by atoms with E-state index in [0.29, 0.717) is 17.0 Å². The minimum Gasteiger partial charge on any atom is -0.464 e. The van der Waals surface area contributed by atoms with E-state index in [9.17, 15) is 19.2 Å². The molecule has 2 amide bonds. The van der Waals surface area contributed by atoms with E-state index in [1.54, 1.807) is 61.5 Å². The lowest BCUT2D eigenvalue weighted by Gasteiger charge is -2.24. The Labute approximate surface area is 223 Å². The summed E-state index contributed by atoms with van der Waals surface area (Å²) in [6.45, 7) is 13.7. The quantitative estimate of drug-likeness (QED) is 0.245. The molecule has 2 N–H and O–H groups in total. The van der Waals surface area contributed by atoms with Crippen LogP contribution in [-0.4, -0.2) is 54.5 Å². The molecule has 1 aromatic carbocycles. The zero-order chi connectivity index (χ0) is 28.4. The molecule has 0 aliphatic carbocycles. The van der Waals surface area contributed by atoms with Gasteiger partial charge in [0, 0.05) is 11.6 Å². The lowest BCUT2D eigenvalue weighted by Crippen LogP contribution is -2.47. The van der Waals surface area contributed by atoms with Gasteiger partial charge in [0.1, 0.15) is 23.0 Å². The SMILES string of the molecule is CCOC(=O)[C@@H](CC)NC(=O)C(CNC(=O)OC(C)(C)C)Cc1cc(Cl)ccc1OC(=O)OC(C)(C)C. The summed E-state index contributed by atoms with van der Waals surface area (Å²) in [5, 5.41) is 5.62. The number of esters is 1. The van der Waals surface area contributed by atoms with Gasteiger partial charge < -0.3 is 29.6 Å². The van der Waals surface area contributed by atoms with Crippen molar-refractivity contribution in [2.24, 2.45) is 5.92 Å². The van der Waals surface area contributed by atoms with Crippen molar-refractivity contribution < 1.29 is 38.1 Å². The van der Waals surface area contributed by atoms with E-state index in [1.165, 1.54) is 12.1 Å². The summed E-state index contributed by atoms with van der Waals surface area (Å²) in [5.41, 5.74) is -1.08. The molecule has 0 aromatic heterocycles. The molecule has 0 aliphatic rings. The van der Waals surface area contributed by atoms with Crippen molar-refractivity contribution in [1.29, 1.82) is 0 Å². The van der Waals surface area contributed by atoms with Crippen LogP contribution in [0, 0.1) is 5.92 Å². The molecule has 0 bridgehead atoms. The molecule has 1 aromatic rings. The summed E-state index contributed by atoms with van der Waals surface area (Å²) >= 11 is 6.18. The molecule has 0 saturated heterocycles. The van der Waals surface area contributed by atoms with Crippen LogP contribution in [0.3, 0.4) is 0 Å². The van der Waals surface area contributed by atoms with Crippen LogP contribution < -0.4 is 15.4 Å². The second-order valence-electron chi connectivity index (χ2n) is 10.3. The molecule has 1 unspecified atom stereocenters. The highest BCUT2D eigenvalue weighted by Crippen LogP contribution is 2.27. The van der Waals surface area contributed by atoms with E-state index in [1.807, 2.05) is 0 Å². The predicted molar refractivity (Wildman–Crippen MR) is 139 cm³/mol. The lowest BCUT2D eigenvalue weighted by molar-refractivity contribution is -0.148. The van der Waals surface area contributed by atoms with Crippen molar-refractivity contribution >= 4 is 35.7 Å². The Kier molecular flexibility index (Phi) is 12.2. The normalized spacial score (nSPS) is 13.1. The van der Waals surface area contributed by atoms with Crippen LogP contribution in [0.25, 0.3) is 0 Å². The van der Waals surface area contributed by atoms with Crippen LogP contribution >= 0.6 is 11.6 Å². The highest BCUT2D eigenvalue weighted by atomic mass is 35.5. The van der Waals surface area contributed by atoms with E-state index >= 15 is 0 Å². The van der Waals surface area contributed by atoms with E-state index in [2.05, 4.69) is 10.6 Å². The van der Waals surface area contributed by atoms with Crippen LogP contribution in [0.15, 0.2) is 18.2 Å². The van der Waals surface area contributed by atoms with Gasteiger partial charge in [0.2, 0.25) is 5.91 Å². The molecular weight excluding hydrogens is 504 g/mol. The lowest BCUT2D eigenvalue weighted by atomic mass is 9.97. The topological polar surface area (TPSA) is 129 Å². The fraction of sp³-hybridized carbons (Fsp3) is 0.615. The summed E-state index contributed by atoms with van der Waals surface area (Å²) in [6.07, 6.45) is -1.31. The first kappa shape index (κ1) is 32.0. The summed E-state index contributed by atoms with van der Waals surface area (Å²) in [5.74, 6) is -1.81. The number of nitrogens with one attached hydrogen (secondary N) is 2. The number of amides is 2. The van der Waals surface area contributed by atoms with Gasteiger partial charge in [-0.2, -0.15) is 0 Å². The average Bonchev–Trinajstić information content (AvgIpc) is 2.74. The Bertz CT molecular complexity index is 953. The molecule has 0 heterocycles. The van der Waals surface area contributed by atoms with Crippen molar-refractivity contribution in [3.05, 3.63) is 28.8 Å². The largest absolute Gasteiger partial charge is 0.514 e. The van der Waals surface area contributed by atoms with Crippen molar-refractivity contribution in [3.63, 3.8) is 0 Å². The third-order valence-electron chi connectivity index (χ3n) is 4.63. The van der Waals surface area contributed by atoms with Gasteiger partial charge in [0.05, 0.1) is 12.5 Å². The maximum absolute atomic E-state index is 13.3. The van der Waals surface area contributed by atoms with E-state index in [-0.39, 0.29) is 25.3 Å². The van der Waals surface area contributed by atoms with Crippen LogP contribution in [0.1, 0.15) is 67.4 Å². The number of hydrogen-bond acceptors (Lipinski definition) is 8. The van der Waals surface area contributed by atoms with Crippen LogP contribution in [0.5, 0.6) is 5.75 Å². The van der Waals surface area contributed by atoms with E-state index < -0.39 is 47.3 Å². The molecule has 10 nitrogen and oxygen atoms in total. The maximum atomic E-state index is 13.3. The smallest absolute Gasteiger partial charge is 0.464 e. The first-order chi connectivity index (χ1) is 17.0. The number of halogens is 1. The molecule has 2 atom stereocenters. The summed E-state index contributed by atoms with van der Waals surface area (Å²) in [7, 11) is 0. The van der Waals surface area contributed by atoms with Gasteiger partial charge in [-0.15, -0.1) is 0 Å². The molecule has 0 aliphatic heterocycles. The Morgan fingerprint density at radius 2 is 1.59 bits per heavy atom. The Morgan fingerprint density at radius 1 is 0.973 bits per heavy atom. The van der Waals surface area contributed by atoms with Gasteiger partial charge >= 0.3 is 18.2 Å². The first-order valence-electron chi connectivity index (χ1n) is 12.2. The fourth-order valence-corrected chi connectivity index (χ4v) is 3.27. The number of hydrogen-bond donors (Lipinski definition) is 2. The minimum absolute atomic E-state index is 0.0135. The summed E-state index contributed by atoms with van der Waals surface area (Å²) in [6, 6.07) is 3.71. The van der Waals surface area contributed by atoms with Gasteiger partial charge in [-0.05, 0) is 85.1 Å². The number of carbonyl (C=O) groups is 4. The summed E-state index contributed by atoms with van der Waals surface area (Å²) in [4.78, 5) is 50.0. The molecule has 208 valence electrons. The molecule has 1 rings (SSSR count). The fourth-order valence-electron chi connectivity index (χ4n) is 3.07. The van der Waals surface area contributed by atoms with Gasteiger partial charge in [-0.3, -0.25) is 4.79 Å². The standard InChI is InChI=1S/C26H39ClN2O8/c1-9-19(22(31)34-10-2)29-21(30)17(15-28-23(32)36-25(3,4)5)13-16-14-18(27)11-12-20(16)35-24(33)37-26(6,7)8/h11-12,14,17,19H,9-10,13,15H2,1-8H3,(H,28,32)(H,29,30)/t17?,19-/m1/s1. The number of rotatable bonds is 10. The second-order valence-corrected chi connectivity index (χ2v) is 10.8.